The minimum absolute atomic E-state index is 0. The second-order valence-electron chi connectivity index (χ2n) is 5.05. The molecule has 1 N–H and O–H groups in total. The molecule has 0 spiro atoms. The average molecular weight is 315 g/mol. The van der Waals surface area contributed by atoms with Crippen molar-refractivity contribution in [1.29, 1.82) is 0 Å². The Morgan fingerprint density at radius 2 is 2.10 bits per heavy atom. The van der Waals surface area contributed by atoms with E-state index in [1.54, 1.807) is 12.0 Å². The summed E-state index contributed by atoms with van der Waals surface area (Å²) in [5, 5.41) is 3.22. The summed E-state index contributed by atoms with van der Waals surface area (Å²) in [7, 11) is 3.45. The standard InChI is InChI=1S/C15H22N2O3.ClH/c1-11-14(16-8-9-20-11)15(18)17(2)10-12-4-6-13(19-3)7-5-12;/h4-7,11,14,16H,8-10H2,1-3H3;1H/t11-,14+;/m1./s1. The van der Waals surface area contributed by atoms with Crippen molar-refractivity contribution in [2.45, 2.75) is 25.6 Å². The van der Waals surface area contributed by atoms with Crippen LogP contribution in [0.1, 0.15) is 12.5 Å². The monoisotopic (exact) mass is 314 g/mol. The van der Waals surface area contributed by atoms with Crippen LogP contribution in [-0.2, 0) is 16.1 Å². The van der Waals surface area contributed by atoms with Gasteiger partial charge in [0, 0.05) is 20.1 Å². The highest BCUT2D eigenvalue weighted by atomic mass is 35.5. The Balaban J connectivity index is 0.00000220. The zero-order valence-corrected chi connectivity index (χ0v) is 13.5. The first-order chi connectivity index (χ1) is 9.61. The van der Waals surface area contributed by atoms with Crippen LogP contribution < -0.4 is 10.1 Å². The first-order valence-electron chi connectivity index (χ1n) is 6.84. The van der Waals surface area contributed by atoms with Crippen molar-refractivity contribution in [3.05, 3.63) is 29.8 Å². The van der Waals surface area contributed by atoms with Gasteiger partial charge in [0.25, 0.3) is 0 Å². The molecule has 1 fully saturated rings. The Morgan fingerprint density at radius 1 is 1.43 bits per heavy atom. The van der Waals surface area contributed by atoms with Crippen molar-refractivity contribution in [3.8, 4) is 5.75 Å². The molecule has 1 saturated heterocycles. The molecule has 1 aromatic carbocycles. The number of nitrogens with zero attached hydrogens (tertiary/aromatic N) is 1. The van der Waals surface area contributed by atoms with E-state index in [9.17, 15) is 4.79 Å². The SMILES string of the molecule is COc1ccc(CN(C)C(=O)[C@H]2NCCO[C@@H]2C)cc1.Cl. The fourth-order valence-electron chi connectivity index (χ4n) is 2.33. The molecule has 1 heterocycles. The number of nitrogens with one attached hydrogen (secondary N) is 1. The number of morpholine rings is 1. The first kappa shape index (κ1) is 17.8. The minimum Gasteiger partial charge on any atom is -0.497 e. The van der Waals surface area contributed by atoms with Crippen LogP contribution in [0.2, 0.25) is 0 Å². The van der Waals surface area contributed by atoms with Crippen LogP contribution in [-0.4, -0.2) is 50.3 Å². The number of ether oxygens (including phenoxy) is 2. The fraction of sp³-hybridized carbons (Fsp3) is 0.533. The molecule has 0 aromatic heterocycles. The van der Waals surface area contributed by atoms with Crippen molar-refractivity contribution in [2.75, 3.05) is 27.3 Å². The molecule has 1 aliphatic heterocycles. The number of amides is 1. The Morgan fingerprint density at radius 3 is 2.67 bits per heavy atom. The summed E-state index contributed by atoms with van der Waals surface area (Å²) in [5.41, 5.74) is 1.08. The quantitative estimate of drug-likeness (QED) is 0.914. The number of hydrogen-bond acceptors (Lipinski definition) is 4. The normalized spacial score (nSPS) is 21.3. The van der Waals surface area contributed by atoms with Crippen LogP contribution in [0.25, 0.3) is 0 Å². The van der Waals surface area contributed by atoms with Gasteiger partial charge < -0.3 is 19.7 Å². The van der Waals surface area contributed by atoms with Gasteiger partial charge in [0.05, 0.1) is 19.8 Å². The van der Waals surface area contributed by atoms with Gasteiger partial charge >= 0.3 is 0 Å². The maximum atomic E-state index is 12.4. The molecular weight excluding hydrogens is 292 g/mol. The zero-order valence-electron chi connectivity index (χ0n) is 12.7. The topological polar surface area (TPSA) is 50.8 Å². The minimum atomic E-state index is -0.257. The number of rotatable bonds is 4. The number of halogens is 1. The predicted molar refractivity (Wildman–Crippen MR) is 83.9 cm³/mol. The maximum absolute atomic E-state index is 12.4. The van der Waals surface area contributed by atoms with Crippen LogP contribution in [0, 0.1) is 0 Å². The van der Waals surface area contributed by atoms with Crippen molar-refractivity contribution in [3.63, 3.8) is 0 Å². The molecule has 2 atom stereocenters. The van der Waals surface area contributed by atoms with E-state index < -0.39 is 0 Å². The third-order valence-electron chi connectivity index (χ3n) is 3.54. The van der Waals surface area contributed by atoms with Crippen molar-refractivity contribution < 1.29 is 14.3 Å². The molecular formula is C15H23ClN2O3. The number of carbonyl (C=O) groups excluding carboxylic acids is 1. The third kappa shape index (κ3) is 4.59. The summed E-state index contributed by atoms with van der Waals surface area (Å²) in [5.74, 6) is 0.881. The first-order valence-corrected chi connectivity index (χ1v) is 6.84. The number of methoxy groups -OCH3 is 1. The zero-order chi connectivity index (χ0) is 14.5. The van der Waals surface area contributed by atoms with Gasteiger partial charge in [-0.2, -0.15) is 0 Å². The molecule has 6 heteroatoms. The van der Waals surface area contributed by atoms with E-state index in [4.69, 9.17) is 9.47 Å². The lowest BCUT2D eigenvalue weighted by Crippen LogP contribution is -2.55. The molecule has 0 bridgehead atoms. The molecule has 0 saturated carbocycles. The molecule has 1 aliphatic rings. The van der Waals surface area contributed by atoms with E-state index >= 15 is 0 Å². The van der Waals surface area contributed by atoms with Gasteiger partial charge in [0.1, 0.15) is 11.8 Å². The van der Waals surface area contributed by atoms with Gasteiger partial charge in [-0.15, -0.1) is 12.4 Å². The summed E-state index contributed by atoms with van der Waals surface area (Å²) in [6.07, 6.45) is -0.0884. The molecule has 1 aromatic rings. The fourth-order valence-corrected chi connectivity index (χ4v) is 2.33. The van der Waals surface area contributed by atoms with Crippen molar-refractivity contribution in [2.24, 2.45) is 0 Å². The Kier molecular flexibility index (Phi) is 6.95. The second-order valence-corrected chi connectivity index (χ2v) is 5.05. The summed E-state index contributed by atoms with van der Waals surface area (Å²) in [4.78, 5) is 14.1. The number of benzene rings is 1. The van der Waals surface area contributed by atoms with E-state index in [-0.39, 0.29) is 30.5 Å². The number of likely N-dealkylation sites (N-methyl/N-ethyl adjacent to an activating group) is 1. The molecule has 2 rings (SSSR count). The van der Waals surface area contributed by atoms with Crippen LogP contribution in [0.5, 0.6) is 5.75 Å². The number of hydrogen-bond donors (Lipinski definition) is 1. The maximum Gasteiger partial charge on any atom is 0.242 e. The Hall–Kier alpha value is -1.30. The van der Waals surface area contributed by atoms with Crippen molar-refractivity contribution in [1.82, 2.24) is 10.2 Å². The molecule has 21 heavy (non-hydrogen) atoms. The van der Waals surface area contributed by atoms with E-state index in [1.165, 1.54) is 0 Å². The molecule has 1 amide bonds. The van der Waals surface area contributed by atoms with E-state index in [1.807, 2.05) is 38.2 Å². The smallest absolute Gasteiger partial charge is 0.242 e. The Bertz CT molecular complexity index is 453. The van der Waals surface area contributed by atoms with Gasteiger partial charge in [-0.1, -0.05) is 12.1 Å². The molecule has 118 valence electrons. The van der Waals surface area contributed by atoms with Gasteiger partial charge in [-0.05, 0) is 24.6 Å². The van der Waals surface area contributed by atoms with Gasteiger partial charge in [-0.25, -0.2) is 0 Å². The lowest BCUT2D eigenvalue weighted by molar-refractivity contribution is -0.138. The molecule has 0 unspecified atom stereocenters. The largest absolute Gasteiger partial charge is 0.497 e. The summed E-state index contributed by atoms with van der Waals surface area (Å²) >= 11 is 0. The highest BCUT2D eigenvalue weighted by Crippen LogP contribution is 2.14. The number of carbonyl (C=O) groups is 1. The molecule has 5 nitrogen and oxygen atoms in total. The highest BCUT2D eigenvalue weighted by Gasteiger charge is 2.30. The van der Waals surface area contributed by atoms with Gasteiger partial charge in [0.15, 0.2) is 0 Å². The van der Waals surface area contributed by atoms with E-state index in [0.29, 0.717) is 13.2 Å². The summed E-state index contributed by atoms with van der Waals surface area (Å²) in [6, 6.07) is 7.48. The average Bonchev–Trinajstić information content (AvgIpc) is 2.48. The van der Waals surface area contributed by atoms with Crippen LogP contribution in [0.4, 0.5) is 0 Å². The third-order valence-corrected chi connectivity index (χ3v) is 3.54. The van der Waals surface area contributed by atoms with Gasteiger partial charge in [0.2, 0.25) is 5.91 Å². The highest BCUT2D eigenvalue weighted by molar-refractivity contribution is 5.85. The summed E-state index contributed by atoms with van der Waals surface area (Å²) in [6.45, 7) is 3.88. The van der Waals surface area contributed by atoms with Crippen LogP contribution in [0.3, 0.4) is 0 Å². The van der Waals surface area contributed by atoms with Crippen molar-refractivity contribution >= 4 is 18.3 Å². The molecule has 0 radical (unpaired) electrons. The van der Waals surface area contributed by atoms with Crippen LogP contribution in [0.15, 0.2) is 24.3 Å². The van der Waals surface area contributed by atoms with E-state index in [0.717, 1.165) is 17.9 Å². The lowest BCUT2D eigenvalue weighted by Gasteiger charge is -2.32. The molecule has 0 aliphatic carbocycles. The van der Waals surface area contributed by atoms with Gasteiger partial charge in [-0.3, -0.25) is 4.79 Å². The van der Waals surface area contributed by atoms with E-state index in [2.05, 4.69) is 5.32 Å². The predicted octanol–water partition coefficient (Wildman–Crippen LogP) is 1.45. The Labute approximate surface area is 132 Å². The second kappa shape index (κ2) is 8.22. The lowest BCUT2D eigenvalue weighted by atomic mass is 10.1. The van der Waals surface area contributed by atoms with Crippen LogP contribution >= 0.6 is 12.4 Å². The summed E-state index contributed by atoms with van der Waals surface area (Å²) < 4.78 is 10.6.